The molecule has 0 N–H and O–H groups in total. The number of benzene rings is 2. The second kappa shape index (κ2) is 11.0. The third-order valence-electron chi connectivity index (χ3n) is 7.40. The van der Waals surface area contributed by atoms with Gasteiger partial charge in [-0.2, -0.15) is 6.07 Å². The summed E-state index contributed by atoms with van der Waals surface area (Å²) < 4.78 is 5.76. The smallest absolute Gasteiger partial charge is 1.00 e. The molecule has 1 nitrogen and oxygen atoms in total. The summed E-state index contributed by atoms with van der Waals surface area (Å²) in [5.74, 6) is 2.90. The molecule has 0 saturated carbocycles. The molecule has 5 heteroatoms. The quantitative estimate of drug-likeness (QED) is 0.255. The standard InChI is InChI=1S/C19H19.C11H14OSi.2ClH.Zr/c1-13(2)15-7-9-16(10-8-15)18-6-4-5-17-11-14(3)12-19(17)18;1-6-5-8-9(12-6)11-7(2)10(8)13(11,3)4;;;/h4-13H,1-3H3;5,10H,1-4H3;2*1H;/q-1;;;;+3/p-2. The number of fused-ring (bicyclic) bond motifs is 1. The first-order valence-corrected chi connectivity index (χ1v) is 14.8. The first-order chi connectivity index (χ1) is 15.2. The fraction of sp³-hybridized carbons (Fsp3) is 0.300. The maximum Gasteiger partial charge on any atom is 3.00 e. The Kier molecular flexibility index (Phi) is 9.43. The van der Waals surface area contributed by atoms with Crippen molar-refractivity contribution in [2.45, 2.75) is 59.2 Å². The molecule has 35 heavy (non-hydrogen) atoms. The van der Waals surface area contributed by atoms with E-state index in [0.29, 0.717) is 5.92 Å². The number of aryl methyl sites for hydroxylation is 2. The fourth-order valence-corrected chi connectivity index (χ4v) is 10.2. The molecular formula is C30H33Cl2OSiZr. The van der Waals surface area contributed by atoms with Crippen molar-refractivity contribution >= 4 is 24.0 Å². The van der Waals surface area contributed by atoms with E-state index in [1.54, 1.807) is 10.8 Å². The average Bonchev–Trinajstić information content (AvgIpc) is 3.41. The molecule has 1 aliphatic carbocycles. The van der Waals surface area contributed by atoms with Gasteiger partial charge in [-0.1, -0.05) is 75.3 Å². The molecule has 1 aromatic heterocycles. The van der Waals surface area contributed by atoms with Gasteiger partial charge in [0.2, 0.25) is 0 Å². The molecule has 2 aliphatic heterocycles. The van der Waals surface area contributed by atoms with Gasteiger partial charge in [0.15, 0.2) is 0 Å². The molecule has 3 aliphatic rings. The Labute approximate surface area is 242 Å². The van der Waals surface area contributed by atoms with Crippen LogP contribution in [0.15, 0.2) is 70.7 Å². The van der Waals surface area contributed by atoms with Crippen LogP contribution in [0.4, 0.5) is 0 Å². The van der Waals surface area contributed by atoms with Gasteiger partial charge in [-0.15, -0.1) is 34.5 Å². The van der Waals surface area contributed by atoms with Crippen molar-refractivity contribution < 1.29 is 55.4 Å². The van der Waals surface area contributed by atoms with Crippen molar-refractivity contribution in [1.29, 1.82) is 0 Å². The summed E-state index contributed by atoms with van der Waals surface area (Å²) in [6, 6.07) is 22.3. The molecule has 1 radical (unpaired) electrons. The van der Waals surface area contributed by atoms with Crippen molar-refractivity contribution in [3.05, 3.63) is 94.4 Å². The molecule has 0 amide bonds. The van der Waals surface area contributed by atoms with E-state index in [4.69, 9.17) is 4.42 Å². The predicted octanol–water partition coefficient (Wildman–Crippen LogP) is 2.92. The van der Waals surface area contributed by atoms with Crippen molar-refractivity contribution in [2.75, 3.05) is 0 Å². The molecule has 0 fully saturated rings. The van der Waals surface area contributed by atoms with Gasteiger partial charge >= 0.3 is 26.2 Å². The monoisotopic (exact) mass is 597 g/mol. The van der Waals surface area contributed by atoms with Crippen LogP contribution in [0, 0.1) is 13.8 Å². The molecule has 0 spiro atoms. The molecule has 181 valence electrons. The molecule has 3 heterocycles. The number of halogens is 2. The molecule has 4 aromatic rings. The van der Waals surface area contributed by atoms with E-state index in [-0.39, 0.29) is 51.0 Å². The van der Waals surface area contributed by atoms with Gasteiger partial charge in [-0.25, -0.2) is 0 Å². The molecule has 7 rings (SSSR count). The summed E-state index contributed by atoms with van der Waals surface area (Å²) in [7, 11) is -1.10. The van der Waals surface area contributed by atoms with Crippen molar-refractivity contribution in [2.24, 2.45) is 0 Å². The maximum atomic E-state index is 5.76. The van der Waals surface area contributed by atoms with Gasteiger partial charge in [-0.3, -0.25) is 0 Å². The van der Waals surface area contributed by atoms with Gasteiger partial charge in [0.1, 0.15) is 11.5 Å². The van der Waals surface area contributed by atoms with E-state index >= 15 is 0 Å². The van der Waals surface area contributed by atoms with Crippen molar-refractivity contribution in [3.63, 3.8) is 0 Å². The second-order valence-electron chi connectivity index (χ2n) is 10.5. The van der Waals surface area contributed by atoms with Crippen molar-refractivity contribution in [1.82, 2.24) is 0 Å². The summed E-state index contributed by atoms with van der Waals surface area (Å²) >= 11 is 0. The first kappa shape index (κ1) is 30.0. The van der Waals surface area contributed by atoms with Gasteiger partial charge in [0.05, 0.1) is 8.07 Å². The zero-order chi connectivity index (χ0) is 22.8. The summed E-state index contributed by atoms with van der Waals surface area (Å²) in [6.45, 7) is 15.8. The van der Waals surface area contributed by atoms with Gasteiger partial charge in [0.25, 0.3) is 0 Å². The van der Waals surface area contributed by atoms with Crippen LogP contribution in [0.1, 0.15) is 60.4 Å². The van der Waals surface area contributed by atoms with E-state index in [0.717, 1.165) is 11.3 Å². The predicted molar refractivity (Wildman–Crippen MR) is 140 cm³/mol. The number of hydrogen-bond donors (Lipinski definition) is 0. The zero-order valence-corrected chi connectivity index (χ0v) is 26.6. The summed E-state index contributed by atoms with van der Waals surface area (Å²) in [4.78, 5) is 0. The second-order valence-corrected chi connectivity index (χ2v) is 15.0. The van der Waals surface area contributed by atoms with Gasteiger partial charge in [0, 0.05) is 11.1 Å². The van der Waals surface area contributed by atoms with Crippen LogP contribution < -0.4 is 24.8 Å². The Bertz CT molecular complexity index is 1360. The Morgan fingerprint density at radius 1 is 0.914 bits per heavy atom. The molecule has 0 saturated heterocycles. The Balaban J connectivity index is 0.000000239. The summed E-state index contributed by atoms with van der Waals surface area (Å²) in [6.07, 6.45) is 0. The summed E-state index contributed by atoms with van der Waals surface area (Å²) in [5, 5.41) is 4.29. The van der Waals surface area contributed by atoms with Crippen LogP contribution in [0.5, 0.6) is 0 Å². The number of rotatable bonds is 2. The van der Waals surface area contributed by atoms with Crippen LogP contribution in [-0.2, 0) is 26.2 Å². The Morgan fingerprint density at radius 3 is 2.14 bits per heavy atom. The van der Waals surface area contributed by atoms with Crippen LogP contribution >= 0.6 is 0 Å². The zero-order valence-electron chi connectivity index (χ0n) is 21.6. The SMILES string of the molecule is CC1=C2c3oc(C)cc3C1[Si]2(C)C.Cc1cc2c(-c3ccc(C(C)C)cc3)cccc2[cH-]1.[Cl-].[Cl-].[Zr+3]. The Morgan fingerprint density at radius 2 is 1.57 bits per heavy atom. The molecule has 3 aromatic carbocycles. The topological polar surface area (TPSA) is 13.1 Å². The number of hydrogen-bond acceptors (Lipinski definition) is 1. The van der Waals surface area contributed by atoms with E-state index in [9.17, 15) is 0 Å². The molecular weight excluding hydrogens is 567 g/mol. The Hall–Kier alpha value is -1.25. The van der Waals surface area contributed by atoms with E-state index < -0.39 is 8.07 Å². The van der Waals surface area contributed by atoms with Crippen molar-refractivity contribution in [3.8, 4) is 11.1 Å². The normalized spacial score (nSPS) is 16.4. The molecule has 1 atom stereocenters. The molecule has 1 unspecified atom stereocenters. The largest absolute Gasteiger partial charge is 3.00 e. The fourth-order valence-electron chi connectivity index (χ4n) is 5.98. The minimum atomic E-state index is -1.10. The minimum absolute atomic E-state index is 0. The van der Waals surface area contributed by atoms with Crippen LogP contribution in [0.25, 0.3) is 27.1 Å². The third kappa shape index (κ3) is 4.99. The van der Waals surface area contributed by atoms with E-state index in [1.165, 1.54) is 44.3 Å². The molecule has 2 bridgehead atoms. The first-order valence-electron chi connectivity index (χ1n) is 11.8. The van der Waals surface area contributed by atoms with Crippen LogP contribution in [0.2, 0.25) is 13.1 Å². The number of furan rings is 1. The van der Waals surface area contributed by atoms with E-state index in [2.05, 4.69) is 101 Å². The minimum Gasteiger partial charge on any atom is -1.00 e. The average molecular weight is 600 g/mol. The number of allylic oxidation sites excluding steroid dienone is 1. The van der Waals surface area contributed by atoms with Crippen LogP contribution in [-0.4, -0.2) is 8.07 Å². The van der Waals surface area contributed by atoms with Crippen LogP contribution in [0.3, 0.4) is 0 Å². The van der Waals surface area contributed by atoms with Gasteiger partial charge in [-0.05, 0) is 42.2 Å². The summed E-state index contributed by atoms with van der Waals surface area (Å²) in [5.41, 5.74) is 9.22. The van der Waals surface area contributed by atoms with E-state index in [1.807, 2.05) is 6.92 Å². The van der Waals surface area contributed by atoms with Gasteiger partial charge < -0.3 is 29.2 Å². The maximum absolute atomic E-state index is 5.76. The third-order valence-corrected chi connectivity index (χ3v) is 11.5.